The molecule has 0 spiro atoms. The van der Waals surface area contributed by atoms with Crippen LogP contribution in [0, 0.1) is 59.2 Å². The van der Waals surface area contributed by atoms with Crippen molar-refractivity contribution in [3.8, 4) is 11.8 Å². The molecule has 1 aromatic carbocycles. The van der Waals surface area contributed by atoms with Gasteiger partial charge in [0.1, 0.15) is 24.7 Å². The van der Waals surface area contributed by atoms with E-state index in [-0.39, 0.29) is 140 Å². The topological polar surface area (TPSA) is 385 Å². The minimum absolute atomic E-state index is 0.0118. The molecule has 10 amide bonds. The second-order valence-electron chi connectivity index (χ2n) is 28.7. The molecule has 1 saturated carbocycles. The maximum absolute atomic E-state index is 14.6. The standard InChI is InChI=1S/C76H123N11O20/c1-15-50(6)67(86(11)73(96)65(48(2)3)84-72(95)66(49(4)5)85(9)10)61(101-13)44-64(91)87-35-22-28-60(87)68(102-14)51(7)69(92)83-59(42-53-24-18-16-19-25-53)71(94)77-31-23-36-105-74(97)52(8)82-63(90)29-32-79-75(98)106-46-54(70(93)78-33-38-100-12)43-55(88)45-81-62(89)30-37-103-40-41-104-39-34-80-76(99)107-47-58-56-26-20-17-21-27-57(56)58/h16,18-19,24-25,48-52,54,56-61,65-68H,15,20,22-23,26-47H2,1-14H3,(H,77,94)(H,78,93)(H,79,98)(H,80,99)(H,81,89)(H,82,90)(H,83,92)(H,84,95)/t50-,51+,52-,54-,56+,57-,58+,59-,60-,61+,65-,66-,67-,68+/m0/s1. The summed E-state index contributed by atoms with van der Waals surface area (Å²) >= 11 is 0. The summed E-state index contributed by atoms with van der Waals surface area (Å²) in [5.41, 5.74) is 0.771. The van der Waals surface area contributed by atoms with Crippen molar-refractivity contribution in [2.24, 2.45) is 47.3 Å². The van der Waals surface area contributed by atoms with Crippen molar-refractivity contribution in [1.82, 2.24) is 57.2 Å². The van der Waals surface area contributed by atoms with E-state index in [1.54, 1.807) is 23.8 Å². The third-order valence-corrected chi connectivity index (χ3v) is 19.8. The van der Waals surface area contributed by atoms with Gasteiger partial charge in [-0.05, 0) is 81.9 Å². The highest BCUT2D eigenvalue weighted by Crippen LogP contribution is 2.52. The van der Waals surface area contributed by atoms with Gasteiger partial charge in [-0.3, -0.25) is 48.1 Å². The summed E-state index contributed by atoms with van der Waals surface area (Å²) in [6.07, 6.45) is 1.15. The van der Waals surface area contributed by atoms with Crippen molar-refractivity contribution in [3.63, 3.8) is 0 Å². The first kappa shape index (κ1) is 91.4. The smallest absolute Gasteiger partial charge is 0.407 e. The molecule has 0 aromatic heterocycles. The fraction of sp³-hybridized carbons (Fsp3) is 0.737. The first-order valence-corrected chi connectivity index (χ1v) is 37.7. The van der Waals surface area contributed by atoms with Gasteiger partial charge in [0, 0.05) is 106 Å². The van der Waals surface area contributed by atoms with Crippen molar-refractivity contribution < 1.29 is 95.4 Å². The van der Waals surface area contributed by atoms with E-state index >= 15 is 0 Å². The Morgan fingerprint density at radius 1 is 0.636 bits per heavy atom. The molecule has 602 valence electrons. The second kappa shape index (κ2) is 49.1. The van der Waals surface area contributed by atoms with Gasteiger partial charge in [-0.25, -0.2) is 14.4 Å². The Kier molecular flexibility index (Phi) is 41.9. The molecule has 3 aliphatic rings. The van der Waals surface area contributed by atoms with Crippen LogP contribution in [-0.2, 0) is 92.3 Å². The minimum Gasteiger partial charge on any atom is -0.464 e. The third-order valence-electron chi connectivity index (χ3n) is 19.8. The summed E-state index contributed by atoms with van der Waals surface area (Å²) in [4.78, 5) is 165. The van der Waals surface area contributed by atoms with Crippen molar-refractivity contribution in [2.75, 3.05) is 135 Å². The Bertz CT molecular complexity index is 3050. The third kappa shape index (κ3) is 32.0. The molecule has 31 heteroatoms. The zero-order valence-corrected chi connectivity index (χ0v) is 65.5. The van der Waals surface area contributed by atoms with E-state index in [2.05, 4.69) is 54.4 Å². The van der Waals surface area contributed by atoms with Gasteiger partial charge < -0.3 is 90.2 Å². The number of carbonyl (C=O) groups is 12. The molecule has 1 saturated heterocycles. The summed E-state index contributed by atoms with van der Waals surface area (Å²) in [6.45, 7) is 15.5. The summed E-state index contributed by atoms with van der Waals surface area (Å²) in [7, 11) is 9.79. The number of Topliss-reactive ketones (excluding diaryl/α,β-unsaturated/α-hetero) is 1. The summed E-state index contributed by atoms with van der Waals surface area (Å²) in [5.74, 6) is 0.675. The maximum Gasteiger partial charge on any atom is 0.407 e. The van der Waals surface area contributed by atoms with E-state index in [0.29, 0.717) is 50.2 Å². The number of amides is 10. The largest absolute Gasteiger partial charge is 0.464 e. The number of nitrogens with zero attached hydrogens (tertiary/aromatic N) is 3. The first-order chi connectivity index (χ1) is 51.1. The highest BCUT2D eigenvalue weighted by molar-refractivity contribution is 5.92. The van der Waals surface area contributed by atoms with Crippen molar-refractivity contribution in [3.05, 3.63) is 35.9 Å². The number of methoxy groups -OCH3 is 3. The second-order valence-corrected chi connectivity index (χ2v) is 28.7. The van der Waals surface area contributed by atoms with Crippen LogP contribution in [0.3, 0.4) is 0 Å². The summed E-state index contributed by atoms with van der Waals surface area (Å²) in [6, 6.07) is 4.61. The molecule has 1 aliphatic heterocycles. The van der Waals surface area contributed by atoms with Crippen LogP contribution >= 0.6 is 0 Å². The molecule has 31 nitrogen and oxygen atoms in total. The zero-order chi connectivity index (χ0) is 79.1. The van der Waals surface area contributed by atoms with Crippen LogP contribution in [0.1, 0.15) is 132 Å². The quantitative estimate of drug-likeness (QED) is 0.0201. The van der Waals surface area contributed by atoms with Crippen LogP contribution in [0.15, 0.2) is 30.3 Å². The molecule has 0 radical (unpaired) electrons. The summed E-state index contributed by atoms with van der Waals surface area (Å²) < 4.78 is 44.0. The van der Waals surface area contributed by atoms with Gasteiger partial charge in [0.05, 0.1) is 101 Å². The predicted molar refractivity (Wildman–Crippen MR) is 396 cm³/mol. The van der Waals surface area contributed by atoms with E-state index in [1.807, 2.05) is 90.9 Å². The monoisotopic (exact) mass is 1510 g/mol. The van der Waals surface area contributed by atoms with Gasteiger partial charge >= 0.3 is 18.2 Å². The molecular formula is C76H123N11O20. The average Bonchev–Trinajstić information content (AvgIpc) is 1.62. The number of alkyl carbamates (subject to hydrolysis) is 2. The van der Waals surface area contributed by atoms with Crippen LogP contribution < -0.4 is 42.5 Å². The number of carbonyl (C=O) groups excluding carboxylic acids is 12. The molecule has 4 rings (SSSR count). The lowest BCUT2D eigenvalue weighted by Gasteiger charge is -2.41. The lowest BCUT2D eigenvalue weighted by atomic mass is 9.89. The minimum atomic E-state index is -1.14. The Morgan fingerprint density at radius 3 is 1.98 bits per heavy atom. The van der Waals surface area contributed by atoms with Gasteiger partial charge in [0.2, 0.25) is 47.3 Å². The Labute approximate surface area is 631 Å². The lowest BCUT2D eigenvalue weighted by molar-refractivity contribution is -0.148. The summed E-state index contributed by atoms with van der Waals surface area (Å²) in [5, 5.41) is 21.4. The maximum atomic E-state index is 14.6. The van der Waals surface area contributed by atoms with Gasteiger partial charge in [-0.2, -0.15) is 0 Å². The van der Waals surface area contributed by atoms with Gasteiger partial charge in [-0.15, -0.1) is 11.8 Å². The van der Waals surface area contributed by atoms with Crippen molar-refractivity contribution >= 4 is 71.2 Å². The highest BCUT2D eigenvalue weighted by atomic mass is 16.6. The van der Waals surface area contributed by atoms with E-state index in [1.165, 1.54) is 28.3 Å². The average molecular weight is 1510 g/mol. The molecule has 2 aliphatic carbocycles. The number of fused-ring (bicyclic) bond motifs is 1. The number of rotatable bonds is 51. The number of ether oxygens (including phenoxy) is 8. The van der Waals surface area contributed by atoms with Crippen LogP contribution in [0.2, 0.25) is 0 Å². The number of likely N-dealkylation sites (tertiary alicyclic amines) is 1. The predicted octanol–water partition coefficient (Wildman–Crippen LogP) is 2.68. The fourth-order valence-corrected chi connectivity index (χ4v) is 13.6. The molecule has 2 fully saturated rings. The highest BCUT2D eigenvalue weighted by Gasteiger charge is 2.50. The number of nitrogens with one attached hydrogen (secondary N) is 8. The number of esters is 1. The van der Waals surface area contributed by atoms with Crippen LogP contribution in [-0.4, -0.2) is 269 Å². The fourth-order valence-electron chi connectivity index (χ4n) is 13.6. The molecule has 0 bridgehead atoms. The van der Waals surface area contributed by atoms with Crippen LogP contribution in [0.25, 0.3) is 0 Å². The molecule has 1 heterocycles. The van der Waals surface area contributed by atoms with E-state index in [4.69, 9.17) is 37.9 Å². The van der Waals surface area contributed by atoms with Crippen LogP contribution in [0.4, 0.5) is 9.59 Å². The zero-order valence-electron chi connectivity index (χ0n) is 65.5. The normalized spacial score (nSPS) is 18.6. The van der Waals surface area contributed by atoms with Crippen LogP contribution in [0.5, 0.6) is 0 Å². The molecule has 1 aromatic rings. The van der Waals surface area contributed by atoms with E-state index in [0.717, 1.165) is 24.8 Å². The first-order valence-electron chi connectivity index (χ1n) is 37.7. The number of ketones is 1. The lowest BCUT2D eigenvalue weighted by Crippen LogP contribution is -2.59. The van der Waals surface area contributed by atoms with Crippen molar-refractivity contribution in [2.45, 2.75) is 181 Å². The SMILES string of the molecule is CC[C@H](C)[C@@H]([C@@H](CC(=O)N1CCC[C@H]1[C@H](OC)[C@@H](C)C(=O)N[C@@H](Cc1ccccc1)C(=O)NCCCOC(=O)[C@H](C)NC(=O)CCNC(=O)OC[C@H](CC(=O)CNC(=O)CCOCCOCCNC(=O)OC[C@H]1[C@H]2CC#CCC[C@H]21)C(=O)NCCOC)OC)N(C)C(=O)[C@@H](NC(=O)[C@H](C(C)C)N(C)C)C(C)C. The molecule has 8 N–H and O–H groups in total. The number of likely N-dealkylation sites (N-methyl/N-ethyl adjacent to an activating group) is 2. The number of hydrogen-bond acceptors (Lipinski definition) is 21. The molecule has 107 heavy (non-hydrogen) atoms. The molecule has 14 atom stereocenters. The van der Waals surface area contributed by atoms with Crippen molar-refractivity contribution in [1.29, 1.82) is 0 Å². The number of hydrogen-bond donors (Lipinski definition) is 8. The van der Waals surface area contributed by atoms with Gasteiger partial charge in [0.25, 0.3) is 0 Å². The number of benzene rings is 1. The van der Waals surface area contributed by atoms with Gasteiger partial charge in [-0.1, -0.05) is 85.2 Å². The van der Waals surface area contributed by atoms with E-state index < -0.39 is 127 Å². The van der Waals surface area contributed by atoms with E-state index in [9.17, 15) is 57.5 Å². The Morgan fingerprint density at radius 2 is 1.32 bits per heavy atom. The molecule has 0 unspecified atom stereocenters. The molecular weight excluding hydrogens is 1390 g/mol. The Hall–Kier alpha value is -8.02. The Balaban J connectivity index is 1.18. The van der Waals surface area contributed by atoms with Gasteiger partial charge in [0.15, 0.2) is 5.78 Å².